The first kappa shape index (κ1) is 9.00. The molecule has 80 valence electrons. The van der Waals surface area contributed by atoms with Crippen LogP contribution in [0.4, 0.5) is 0 Å². The molecule has 4 rings (SSSR count). The SMILES string of the molecule is C1=CC2=Cc3c(ccc4ccccc34)CC2=C1. The summed E-state index contributed by atoms with van der Waals surface area (Å²) < 4.78 is 0. The Morgan fingerprint density at radius 3 is 2.88 bits per heavy atom. The Kier molecular flexibility index (Phi) is 1.70. The molecule has 0 aliphatic heterocycles. The molecule has 0 N–H and O–H groups in total. The van der Waals surface area contributed by atoms with Gasteiger partial charge in [0.25, 0.3) is 0 Å². The lowest BCUT2D eigenvalue weighted by Gasteiger charge is -2.17. The lowest BCUT2D eigenvalue weighted by molar-refractivity contribution is 1.16. The molecule has 0 amide bonds. The number of hydrogen-bond acceptors (Lipinski definition) is 0. The van der Waals surface area contributed by atoms with E-state index in [0.29, 0.717) is 0 Å². The molecule has 0 saturated carbocycles. The predicted molar refractivity (Wildman–Crippen MR) is 72.9 cm³/mol. The van der Waals surface area contributed by atoms with Crippen LogP contribution in [-0.4, -0.2) is 0 Å². The van der Waals surface area contributed by atoms with Crippen molar-refractivity contribution in [2.45, 2.75) is 6.42 Å². The van der Waals surface area contributed by atoms with Crippen molar-refractivity contribution in [3.8, 4) is 0 Å². The van der Waals surface area contributed by atoms with E-state index in [0.717, 1.165) is 6.42 Å². The summed E-state index contributed by atoms with van der Waals surface area (Å²) in [4.78, 5) is 0. The van der Waals surface area contributed by atoms with Gasteiger partial charge in [-0.3, -0.25) is 0 Å². The fraction of sp³-hybridized carbons (Fsp3) is 0.0588. The summed E-state index contributed by atoms with van der Waals surface area (Å²) in [6, 6.07) is 13.1. The highest BCUT2D eigenvalue weighted by atomic mass is 14.2. The molecule has 0 bridgehead atoms. The van der Waals surface area contributed by atoms with Crippen molar-refractivity contribution in [3.63, 3.8) is 0 Å². The van der Waals surface area contributed by atoms with Crippen LogP contribution < -0.4 is 0 Å². The lowest BCUT2D eigenvalue weighted by atomic mass is 9.87. The number of fused-ring (bicyclic) bond motifs is 4. The van der Waals surface area contributed by atoms with E-state index in [1.807, 2.05) is 0 Å². The molecular formula is C17H12. The zero-order chi connectivity index (χ0) is 11.2. The van der Waals surface area contributed by atoms with Crippen LogP contribution in [0.5, 0.6) is 0 Å². The van der Waals surface area contributed by atoms with E-state index >= 15 is 0 Å². The summed E-state index contributed by atoms with van der Waals surface area (Å²) in [5.41, 5.74) is 5.69. The second-order valence-corrected chi connectivity index (χ2v) is 4.69. The van der Waals surface area contributed by atoms with Crippen molar-refractivity contribution in [2.24, 2.45) is 0 Å². The molecule has 2 aliphatic rings. The number of rotatable bonds is 0. The van der Waals surface area contributed by atoms with Gasteiger partial charge in [0.15, 0.2) is 0 Å². The maximum absolute atomic E-state index is 2.33. The first-order valence-electron chi connectivity index (χ1n) is 6.02. The average Bonchev–Trinajstić information content (AvgIpc) is 2.83. The summed E-state index contributed by atoms with van der Waals surface area (Å²) in [6.07, 6.45) is 9.98. The minimum Gasteiger partial charge on any atom is -0.0616 e. The van der Waals surface area contributed by atoms with Gasteiger partial charge in [-0.15, -0.1) is 0 Å². The van der Waals surface area contributed by atoms with Crippen LogP contribution >= 0.6 is 0 Å². The molecule has 0 heteroatoms. The Labute approximate surface area is 101 Å². The molecule has 0 atom stereocenters. The number of benzene rings is 2. The molecule has 0 spiro atoms. The average molecular weight is 216 g/mol. The lowest BCUT2D eigenvalue weighted by Crippen LogP contribution is -2.00. The van der Waals surface area contributed by atoms with Crippen LogP contribution in [-0.2, 0) is 6.42 Å². The van der Waals surface area contributed by atoms with Crippen molar-refractivity contribution in [3.05, 3.63) is 76.9 Å². The first-order chi connectivity index (χ1) is 8.42. The van der Waals surface area contributed by atoms with Crippen LogP contribution in [0.1, 0.15) is 11.1 Å². The van der Waals surface area contributed by atoms with Crippen molar-refractivity contribution in [1.29, 1.82) is 0 Å². The Morgan fingerprint density at radius 1 is 0.941 bits per heavy atom. The third-order valence-electron chi connectivity index (χ3n) is 3.69. The molecule has 2 aromatic carbocycles. The van der Waals surface area contributed by atoms with Gasteiger partial charge in [-0.2, -0.15) is 0 Å². The van der Waals surface area contributed by atoms with E-state index in [9.17, 15) is 0 Å². The zero-order valence-electron chi connectivity index (χ0n) is 9.48. The number of allylic oxidation sites excluding steroid dienone is 5. The van der Waals surface area contributed by atoms with E-state index < -0.39 is 0 Å². The van der Waals surface area contributed by atoms with Gasteiger partial charge in [0.05, 0.1) is 0 Å². The van der Waals surface area contributed by atoms with Gasteiger partial charge in [-0.1, -0.05) is 54.6 Å². The van der Waals surface area contributed by atoms with E-state index in [1.165, 1.54) is 33.0 Å². The van der Waals surface area contributed by atoms with Crippen LogP contribution in [0.2, 0.25) is 0 Å². The fourth-order valence-corrected chi connectivity index (χ4v) is 2.80. The van der Waals surface area contributed by atoms with Gasteiger partial charge >= 0.3 is 0 Å². The summed E-state index contributed by atoms with van der Waals surface area (Å²) in [5.74, 6) is 0. The molecule has 2 aliphatic carbocycles. The van der Waals surface area contributed by atoms with Crippen molar-refractivity contribution in [1.82, 2.24) is 0 Å². The second-order valence-electron chi connectivity index (χ2n) is 4.69. The fourth-order valence-electron chi connectivity index (χ4n) is 2.80. The minimum absolute atomic E-state index is 1.07. The van der Waals surface area contributed by atoms with Gasteiger partial charge in [0.2, 0.25) is 0 Å². The van der Waals surface area contributed by atoms with Crippen molar-refractivity contribution in [2.75, 3.05) is 0 Å². The largest absolute Gasteiger partial charge is 0.0616 e. The molecular weight excluding hydrogens is 204 g/mol. The monoisotopic (exact) mass is 216 g/mol. The maximum Gasteiger partial charge on any atom is -0.00137 e. The Bertz CT molecular complexity index is 712. The van der Waals surface area contributed by atoms with Crippen LogP contribution in [0.15, 0.2) is 65.8 Å². The highest BCUT2D eigenvalue weighted by molar-refractivity contribution is 5.94. The Balaban J connectivity index is 2.08. The van der Waals surface area contributed by atoms with Gasteiger partial charge in [-0.25, -0.2) is 0 Å². The second kappa shape index (κ2) is 3.21. The van der Waals surface area contributed by atoms with Gasteiger partial charge in [-0.05, 0) is 45.5 Å². The highest BCUT2D eigenvalue weighted by Crippen LogP contribution is 2.35. The third kappa shape index (κ3) is 1.24. The minimum atomic E-state index is 1.07. The summed E-state index contributed by atoms with van der Waals surface area (Å²) in [5, 5.41) is 2.70. The predicted octanol–water partition coefficient (Wildman–Crippen LogP) is 4.28. The van der Waals surface area contributed by atoms with E-state index in [1.54, 1.807) is 0 Å². The topological polar surface area (TPSA) is 0 Å². The molecule has 0 unspecified atom stereocenters. The van der Waals surface area contributed by atoms with E-state index in [-0.39, 0.29) is 0 Å². The molecule has 17 heavy (non-hydrogen) atoms. The first-order valence-corrected chi connectivity index (χ1v) is 6.02. The van der Waals surface area contributed by atoms with Gasteiger partial charge < -0.3 is 0 Å². The van der Waals surface area contributed by atoms with E-state index in [4.69, 9.17) is 0 Å². The standard InChI is InChI=1S/C17H12/c1-2-7-16-12(4-1)8-9-15-10-13-5-3-6-14(13)11-17(15)16/h1-9,11H,10H2. The normalized spacial score (nSPS) is 16.5. The van der Waals surface area contributed by atoms with Crippen LogP contribution in [0.25, 0.3) is 16.8 Å². The van der Waals surface area contributed by atoms with Gasteiger partial charge in [0.1, 0.15) is 0 Å². The highest BCUT2D eigenvalue weighted by Gasteiger charge is 2.16. The molecule has 0 fully saturated rings. The Hall–Kier alpha value is -2.08. The molecule has 0 nitrogen and oxygen atoms in total. The summed E-state index contributed by atoms with van der Waals surface area (Å²) in [6.45, 7) is 0. The molecule has 0 radical (unpaired) electrons. The van der Waals surface area contributed by atoms with E-state index in [2.05, 4.69) is 60.7 Å². The van der Waals surface area contributed by atoms with Crippen molar-refractivity contribution >= 4 is 16.8 Å². The number of hydrogen-bond donors (Lipinski definition) is 0. The molecule has 0 aromatic heterocycles. The van der Waals surface area contributed by atoms with Crippen LogP contribution in [0, 0.1) is 0 Å². The molecule has 0 heterocycles. The third-order valence-corrected chi connectivity index (χ3v) is 3.69. The Morgan fingerprint density at radius 2 is 1.88 bits per heavy atom. The molecule has 0 saturated heterocycles. The zero-order valence-corrected chi connectivity index (χ0v) is 9.48. The summed E-state index contributed by atoms with van der Waals surface area (Å²) in [7, 11) is 0. The van der Waals surface area contributed by atoms with Gasteiger partial charge in [0, 0.05) is 0 Å². The maximum atomic E-state index is 2.33. The summed E-state index contributed by atoms with van der Waals surface area (Å²) >= 11 is 0. The smallest absolute Gasteiger partial charge is 0.00137 e. The van der Waals surface area contributed by atoms with Crippen LogP contribution in [0.3, 0.4) is 0 Å². The quantitative estimate of drug-likeness (QED) is 0.616. The van der Waals surface area contributed by atoms with Crippen molar-refractivity contribution < 1.29 is 0 Å². The molecule has 2 aromatic rings.